The van der Waals surface area contributed by atoms with E-state index >= 15 is 0 Å². The lowest BCUT2D eigenvalue weighted by Crippen LogP contribution is -2.29. The van der Waals surface area contributed by atoms with E-state index in [9.17, 15) is 13.2 Å². The summed E-state index contributed by atoms with van der Waals surface area (Å²) in [6, 6.07) is 12.3. The van der Waals surface area contributed by atoms with E-state index < -0.39 is 15.9 Å². The third-order valence-corrected chi connectivity index (χ3v) is 6.95. The number of fused-ring (bicyclic) bond motifs is 1. The van der Waals surface area contributed by atoms with E-state index in [0.717, 1.165) is 25.2 Å². The Bertz CT molecular complexity index is 1100. The van der Waals surface area contributed by atoms with Crippen LogP contribution in [0.15, 0.2) is 57.4 Å². The molecule has 0 spiro atoms. The normalized spacial score (nSPS) is 14.0. The molecule has 1 aliphatic heterocycles. The van der Waals surface area contributed by atoms with Crippen LogP contribution in [-0.4, -0.2) is 27.9 Å². The highest BCUT2D eigenvalue weighted by Crippen LogP contribution is 2.28. The zero-order valence-corrected chi connectivity index (χ0v) is 16.8. The maximum absolute atomic E-state index is 12.3. The predicted octanol–water partition coefficient (Wildman–Crippen LogP) is 3.06. The molecule has 7 nitrogen and oxygen atoms in total. The second-order valence-corrected chi connectivity index (χ2v) is 9.19. The van der Waals surface area contributed by atoms with E-state index in [1.165, 1.54) is 29.6 Å². The van der Waals surface area contributed by atoms with Gasteiger partial charge in [-0.2, -0.15) is 0 Å². The van der Waals surface area contributed by atoms with Crippen LogP contribution in [0.25, 0.3) is 0 Å². The van der Waals surface area contributed by atoms with Crippen LogP contribution in [0.1, 0.15) is 21.0 Å². The highest BCUT2D eigenvalue weighted by Gasteiger charge is 2.20. The molecule has 0 unspecified atom stereocenters. The minimum absolute atomic E-state index is 0.0704. The van der Waals surface area contributed by atoms with E-state index in [4.69, 9.17) is 4.42 Å². The van der Waals surface area contributed by atoms with Crippen LogP contribution < -0.4 is 14.9 Å². The van der Waals surface area contributed by atoms with Crippen LogP contribution in [0.3, 0.4) is 0 Å². The maximum atomic E-state index is 12.3. The molecule has 0 saturated heterocycles. The molecule has 146 valence electrons. The summed E-state index contributed by atoms with van der Waals surface area (Å²) in [7, 11) is -2.44. The highest BCUT2D eigenvalue weighted by atomic mass is 32.2. The van der Waals surface area contributed by atoms with Crippen molar-refractivity contribution < 1.29 is 17.6 Å². The number of nitrogens with one attached hydrogen (secondary N) is 2. The van der Waals surface area contributed by atoms with Gasteiger partial charge < -0.3 is 14.6 Å². The van der Waals surface area contributed by atoms with Gasteiger partial charge >= 0.3 is 0 Å². The maximum Gasteiger partial charge on any atom is 0.291 e. The minimum Gasteiger partial charge on any atom is -0.438 e. The van der Waals surface area contributed by atoms with Crippen molar-refractivity contribution in [2.24, 2.45) is 0 Å². The Morgan fingerprint density at radius 1 is 1.14 bits per heavy atom. The molecule has 3 heterocycles. The summed E-state index contributed by atoms with van der Waals surface area (Å²) in [5.41, 5.74) is 3.07. The summed E-state index contributed by atoms with van der Waals surface area (Å²) in [6.45, 7) is 1.86. The van der Waals surface area contributed by atoms with Crippen LogP contribution >= 0.6 is 11.3 Å². The van der Waals surface area contributed by atoms with E-state index in [2.05, 4.69) is 26.4 Å². The lowest BCUT2D eigenvalue weighted by atomic mass is 10.1. The smallest absolute Gasteiger partial charge is 0.291 e. The van der Waals surface area contributed by atoms with Gasteiger partial charge in [0.1, 0.15) is 0 Å². The van der Waals surface area contributed by atoms with Crippen LogP contribution in [0.2, 0.25) is 0 Å². The van der Waals surface area contributed by atoms with Gasteiger partial charge in [0.25, 0.3) is 15.9 Å². The molecule has 1 aliphatic rings. The SMILES string of the molecule is CNS(=O)(=O)c1ccc(C(=O)Nc2ccc(N3CCc4sccc4C3)cc2)o1. The van der Waals surface area contributed by atoms with Crippen molar-refractivity contribution in [3.05, 3.63) is 64.0 Å². The first-order valence-electron chi connectivity index (χ1n) is 8.71. The molecule has 4 rings (SSSR count). The number of hydrogen-bond donors (Lipinski definition) is 2. The van der Waals surface area contributed by atoms with Crippen molar-refractivity contribution in [3.63, 3.8) is 0 Å². The van der Waals surface area contributed by atoms with Crippen molar-refractivity contribution >= 4 is 38.6 Å². The van der Waals surface area contributed by atoms with Crippen LogP contribution in [0.4, 0.5) is 11.4 Å². The molecular formula is C19H19N3O4S2. The first-order chi connectivity index (χ1) is 13.5. The summed E-state index contributed by atoms with van der Waals surface area (Å²) < 4.78 is 30.7. The molecule has 9 heteroatoms. The number of thiophene rings is 1. The number of furan rings is 1. The average Bonchev–Trinajstić information content (AvgIpc) is 3.38. The zero-order valence-electron chi connectivity index (χ0n) is 15.1. The number of rotatable bonds is 5. The van der Waals surface area contributed by atoms with Crippen LogP contribution in [-0.2, 0) is 23.0 Å². The largest absolute Gasteiger partial charge is 0.438 e. The molecule has 0 bridgehead atoms. The standard InChI is InChI=1S/C19H19N3O4S2/c1-20-28(24,25)18-7-6-16(26-18)19(23)21-14-2-4-15(5-3-14)22-10-8-17-13(12-22)9-11-27-17/h2-7,9,11,20H,8,10,12H2,1H3,(H,21,23). The number of sulfonamides is 1. The van der Waals surface area contributed by atoms with Crippen LogP contribution in [0, 0.1) is 0 Å². The third kappa shape index (κ3) is 3.68. The Balaban J connectivity index is 1.43. The molecule has 1 aromatic carbocycles. The Kier molecular flexibility index (Phi) is 4.96. The molecule has 2 aromatic heterocycles. The van der Waals surface area contributed by atoms with Crippen molar-refractivity contribution in [3.8, 4) is 0 Å². The number of hydrogen-bond acceptors (Lipinski definition) is 6. The van der Waals surface area contributed by atoms with Gasteiger partial charge in [0.05, 0.1) is 0 Å². The number of anilines is 2. The summed E-state index contributed by atoms with van der Waals surface area (Å²) in [5.74, 6) is -0.579. The van der Waals surface area contributed by atoms with Crippen molar-refractivity contribution in [2.75, 3.05) is 23.8 Å². The van der Waals surface area contributed by atoms with Gasteiger partial charge in [0.15, 0.2) is 5.76 Å². The molecule has 1 amide bonds. The number of benzene rings is 1. The van der Waals surface area contributed by atoms with E-state index in [1.807, 2.05) is 35.6 Å². The first-order valence-corrected chi connectivity index (χ1v) is 11.1. The first kappa shape index (κ1) is 18.7. The van der Waals surface area contributed by atoms with E-state index in [-0.39, 0.29) is 10.9 Å². The Morgan fingerprint density at radius 3 is 2.68 bits per heavy atom. The highest BCUT2D eigenvalue weighted by molar-refractivity contribution is 7.89. The molecule has 0 aliphatic carbocycles. The molecule has 0 saturated carbocycles. The number of amides is 1. The van der Waals surface area contributed by atoms with E-state index in [0.29, 0.717) is 5.69 Å². The predicted molar refractivity (Wildman–Crippen MR) is 108 cm³/mol. The van der Waals surface area contributed by atoms with E-state index in [1.54, 1.807) is 0 Å². The van der Waals surface area contributed by atoms with Gasteiger partial charge in [-0.05, 0) is 66.9 Å². The molecule has 0 fully saturated rings. The molecule has 28 heavy (non-hydrogen) atoms. The molecule has 0 atom stereocenters. The summed E-state index contributed by atoms with van der Waals surface area (Å²) in [4.78, 5) is 16.1. The fourth-order valence-corrected chi connectivity index (χ4v) is 4.64. The van der Waals surface area contributed by atoms with Crippen molar-refractivity contribution in [1.82, 2.24) is 4.72 Å². The number of carbonyl (C=O) groups excluding carboxylic acids is 1. The third-order valence-electron chi connectivity index (χ3n) is 4.64. The quantitative estimate of drug-likeness (QED) is 0.666. The van der Waals surface area contributed by atoms with Gasteiger partial charge in [-0.15, -0.1) is 11.3 Å². The summed E-state index contributed by atoms with van der Waals surface area (Å²) in [5, 5.41) is 4.55. The second-order valence-electron chi connectivity index (χ2n) is 6.37. The number of carbonyl (C=O) groups is 1. The van der Waals surface area contributed by atoms with Gasteiger partial charge in [-0.1, -0.05) is 0 Å². The minimum atomic E-state index is -3.72. The fraction of sp³-hybridized carbons (Fsp3) is 0.211. The molecule has 3 aromatic rings. The Hall–Kier alpha value is -2.62. The van der Waals surface area contributed by atoms with Gasteiger partial charge in [-0.3, -0.25) is 4.79 Å². The fourth-order valence-electron chi connectivity index (χ4n) is 3.10. The zero-order chi connectivity index (χ0) is 19.7. The monoisotopic (exact) mass is 417 g/mol. The van der Waals surface area contributed by atoms with Crippen molar-refractivity contribution in [2.45, 2.75) is 18.1 Å². The van der Waals surface area contributed by atoms with Gasteiger partial charge in [-0.25, -0.2) is 13.1 Å². The van der Waals surface area contributed by atoms with Gasteiger partial charge in [0.2, 0.25) is 5.09 Å². The Labute approximate surface area is 167 Å². The molecule has 0 radical (unpaired) electrons. The lowest BCUT2D eigenvalue weighted by Gasteiger charge is -2.29. The van der Waals surface area contributed by atoms with Crippen LogP contribution in [0.5, 0.6) is 0 Å². The molecular weight excluding hydrogens is 398 g/mol. The van der Waals surface area contributed by atoms with Crippen molar-refractivity contribution in [1.29, 1.82) is 0 Å². The average molecular weight is 418 g/mol. The Morgan fingerprint density at radius 2 is 1.93 bits per heavy atom. The topological polar surface area (TPSA) is 91.6 Å². The second kappa shape index (κ2) is 7.42. The van der Waals surface area contributed by atoms with Gasteiger partial charge in [0, 0.05) is 29.3 Å². The summed E-state index contributed by atoms with van der Waals surface area (Å²) >= 11 is 1.81. The molecule has 2 N–H and O–H groups in total. The number of nitrogens with zero attached hydrogens (tertiary/aromatic N) is 1. The summed E-state index contributed by atoms with van der Waals surface area (Å²) in [6.07, 6.45) is 1.04. The lowest BCUT2D eigenvalue weighted by molar-refractivity contribution is 0.0991.